The topological polar surface area (TPSA) is 81.7 Å². The second-order valence-corrected chi connectivity index (χ2v) is 5.36. The SMILES string of the molecule is CC(CN(C)C)NC(=O)N[C@@H](Cc1ccccc1)C(=O)O. The molecular weight excluding hydrogens is 270 g/mol. The van der Waals surface area contributed by atoms with Gasteiger partial charge in [0.05, 0.1) is 0 Å². The largest absolute Gasteiger partial charge is 0.480 e. The molecular formula is C15H23N3O3. The van der Waals surface area contributed by atoms with Crippen molar-refractivity contribution in [3.05, 3.63) is 35.9 Å². The standard InChI is InChI=1S/C15H23N3O3/c1-11(10-18(2)3)16-15(21)17-13(14(19)20)9-12-7-5-4-6-8-12/h4-8,11,13H,9-10H2,1-3H3,(H,19,20)(H2,16,17,21)/t11?,13-/m0/s1. The van der Waals surface area contributed by atoms with Crippen LogP contribution in [0.15, 0.2) is 30.3 Å². The highest BCUT2D eigenvalue weighted by molar-refractivity contribution is 5.82. The van der Waals surface area contributed by atoms with Crippen molar-refractivity contribution in [2.75, 3.05) is 20.6 Å². The molecule has 0 aliphatic rings. The lowest BCUT2D eigenvalue weighted by molar-refractivity contribution is -0.139. The van der Waals surface area contributed by atoms with E-state index in [2.05, 4.69) is 10.6 Å². The first-order valence-corrected chi connectivity index (χ1v) is 6.87. The van der Waals surface area contributed by atoms with E-state index in [0.717, 1.165) is 5.56 Å². The quantitative estimate of drug-likeness (QED) is 0.698. The molecule has 1 aromatic rings. The van der Waals surface area contributed by atoms with E-state index in [1.54, 1.807) is 0 Å². The van der Waals surface area contributed by atoms with Gasteiger partial charge in [-0.05, 0) is 26.6 Å². The molecule has 0 bridgehead atoms. The maximum atomic E-state index is 11.8. The fourth-order valence-corrected chi connectivity index (χ4v) is 2.07. The molecule has 1 aromatic carbocycles. The van der Waals surface area contributed by atoms with Crippen molar-refractivity contribution in [2.45, 2.75) is 25.4 Å². The molecule has 0 aliphatic carbocycles. The molecule has 6 heteroatoms. The summed E-state index contributed by atoms with van der Waals surface area (Å²) in [6.07, 6.45) is 0.256. The average molecular weight is 293 g/mol. The molecule has 6 nitrogen and oxygen atoms in total. The smallest absolute Gasteiger partial charge is 0.326 e. The summed E-state index contributed by atoms with van der Waals surface area (Å²) in [4.78, 5) is 25.0. The van der Waals surface area contributed by atoms with E-state index in [9.17, 15) is 14.7 Å². The summed E-state index contributed by atoms with van der Waals surface area (Å²) in [5.74, 6) is -1.05. The summed E-state index contributed by atoms with van der Waals surface area (Å²) in [6, 6.07) is 7.75. The van der Waals surface area contributed by atoms with Crippen molar-refractivity contribution in [3.63, 3.8) is 0 Å². The van der Waals surface area contributed by atoms with E-state index in [0.29, 0.717) is 6.54 Å². The summed E-state index contributed by atoms with van der Waals surface area (Å²) in [6.45, 7) is 2.55. The molecule has 0 aliphatic heterocycles. The minimum absolute atomic E-state index is 0.0637. The Hall–Kier alpha value is -2.08. The van der Waals surface area contributed by atoms with Crippen LogP contribution in [-0.2, 0) is 11.2 Å². The third-order valence-electron chi connectivity index (χ3n) is 2.90. The van der Waals surface area contributed by atoms with Crippen LogP contribution in [0, 0.1) is 0 Å². The van der Waals surface area contributed by atoms with Gasteiger partial charge in [-0.1, -0.05) is 30.3 Å². The normalized spacial score (nSPS) is 13.5. The van der Waals surface area contributed by atoms with Crippen LogP contribution in [0.2, 0.25) is 0 Å². The number of likely N-dealkylation sites (N-methyl/N-ethyl adjacent to an activating group) is 1. The minimum atomic E-state index is -1.05. The van der Waals surface area contributed by atoms with Crippen LogP contribution >= 0.6 is 0 Å². The first-order chi connectivity index (χ1) is 9.88. The van der Waals surface area contributed by atoms with E-state index >= 15 is 0 Å². The monoisotopic (exact) mass is 293 g/mol. The van der Waals surface area contributed by atoms with Gasteiger partial charge in [0.25, 0.3) is 0 Å². The van der Waals surface area contributed by atoms with Crippen LogP contribution in [-0.4, -0.2) is 54.7 Å². The maximum absolute atomic E-state index is 11.8. The molecule has 1 unspecified atom stereocenters. The molecule has 1 rings (SSSR count). The molecule has 3 N–H and O–H groups in total. The number of nitrogens with zero attached hydrogens (tertiary/aromatic N) is 1. The second kappa shape index (κ2) is 8.26. The number of carboxylic acids is 1. The molecule has 0 spiro atoms. The van der Waals surface area contributed by atoms with Gasteiger partial charge in [-0.25, -0.2) is 9.59 Å². The third kappa shape index (κ3) is 6.76. The number of aliphatic carboxylic acids is 1. The van der Waals surface area contributed by atoms with E-state index in [1.165, 1.54) is 0 Å². The van der Waals surface area contributed by atoms with Gasteiger partial charge in [-0.15, -0.1) is 0 Å². The van der Waals surface area contributed by atoms with E-state index in [4.69, 9.17) is 0 Å². The van der Waals surface area contributed by atoms with Gasteiger partial charge in [0.1, 0.15) is 6.04 Å². The van der Waals surface area contributed by atoms with Gasteiger partial charge in [0.2, 0.25) is 0 Å². The molecule has 116 valence electrons. The van der Waals surface area contributed by atoms with Gasteiger partial charge in [0, 0.05) is 19.0 Å². The molecule has 0 radical (unpaired) electrons. The minimum Gasteiger partial charge on any atom is -0.480 e. The van der Waals surface area contributed by atoms with Crippen LogP contribution in [0.25, 0.3) is 0 Å². The Morgan fingerprint density at radius 3 is 2.33 bits per heavy atom. The number of carbonyl (C=O) groups excluding carboxylic acids is 1. The summed E-state index contributed by atoms with van der Waals surface area (Å²) in [5.41, 5.74) is 0.867. The maximum Gasteiger partial charge on any atom is 0.326 e. The van der Waals surface area contributed by atoms with Gasteiger partial charge in [-0.3, -0.25) is 0 Å². The molecule has 0 saturated heterocycles. The predicted molar refractivity (Wildman–Crippen MR) is 81.3 cm³/mol. The van der Waals surface area contributed by atoms with Crippen molar-refractivity contribution in [2.24, 2.45) is 0 Å². The number of hydrogen-bond donors (Lipinski definition) is 3. The first-order valence-electron chi connectivity index (χ1n) is 6.87. The molecule has 0 heterocycles. The number of rotatable bonds is 7. The lowest BCUT2D eigenvalue weighted by Crippen LogP contribution is -2.51. The van der Waals surface area contributed by atoms with Crippen LogP contribution in [0.3, 0.4) is 0 Å². The van der Waals surface area contributed by atoms with Crippen molar-refractivity contribution in [1.29, 1.82) is 0 Å². The summed E-state index contributed by atoms with van der Waals surface area (Å²) in [5, 5.41) is 14.4. The van der Waals surface area contributed by atoms with Gasteiger partial charge >= 0.3 is 12.0 Å². The Kier molecular flexibility index (Phi) is 6.68. The summed E-state index contributed by atoms with van der Waals surface area (Å²) < 4.78 is 0. The Morgan fingerprint density at radius 2 is 1.81 bits per heavy atom. The average Bonchev–Trinajstić information content (AvgIpc) is 2.37. The third-order valence-corrected chi connectivity index (χ3v) is 2.90. The van der Waals surface area contributed by atoms with Crippen molar-refractivity contribution < 1.29 is 14.7 Å². The number of carbonyl (C=O) groups is 2. The van der Waals surface area contributed by atoms with E-state index in [1.807, 2.05) is 56.3 Å². The fraction of sp³-hybridized carbons (Fsp3) is 0.467. The van der Waals surface area contributed by atoms with Crippen molar-refractivity contribution >= 4 is 12.0 Å². The van der Waals surface area contributed by atoms with E-state index in [-0.39, 0.29) is 12.5 Å². The van der Waals surface area contributed by atoms with E-state index < -0.39 is 18.0 Å². The van der Waals surface area contributed by atoms with Gasteiger partial charge in [-0.2, -0.15) is 0 Å². The highest BCUT2D eigenvalue weighted by Gasteiger charge is 2.21. The summed E-state index contributed by atoms with van der Waals surface area (Å²) in [7, 11) is 3.82. The number of urea groups is 1. The van der Waals surface area contributed by atoms with Gasteiger partial charge < -0.3 is 20.6 Å². The van der Waals surface area contributed by atoms with Crippen LogP contribution in [0.5, 0.6) is 0 Å². The van der Waals surface area contributed by atoms with Crippen LogP contribution in [0.1, 0.15) is 12.5 Å². The van der Waals surface area contributed by atoms with Crippen LogP contribution in [0.4, 0.5) is 4.79 Å². The number of hydrogen-bond acceptors (Lipinski definition) is 3. The highest BCUT2D eigenvalue weighted by Crippen LogP contribution is 2.03. The Balaban J connectivity index is 2.54. The second-order valence-electron chi connectivity index (χ2n) is 5.36. The first kappa shape index (κ1) is 17.0. The number of amides is 2. The van der Waals surface area contributed by atoms with Crippen LogP contribution < -0.4 is 10.6 Å². The van der Waals surface area contributed by atoms with Crippen molar-refractivity contribution in [3.8, 4) is 0 Å². The molecule has 0 saturated carbocycles. The lowest BCUT2D eigenvalue weighted by atomic mass is 10.1. The summed E-state index contributed by atoms with van der Waals surface area (Å²) >= 11 is 0. The molecule has 21 heavy (non-hydrogen) atoms. The number of carboxylic acid groups (broad SMARTS) is 1. The Bertz CT molecular complexity index is 462. The highest BCUT2D eigenvalue weighted by atomic mass is 16.4. The Labute approximate surface area is 125 Å². The fourth-order valence-electron chi connectivity index (χ4n) is 2.07. The number of nitrogens with one attached hydrogen (secondary N) is 2. The zero-order valence-corrected chi connectivity index (χ0v) is 12.7. The molecule has 2 atom stereocenters. The number of benzene rings is 1. The van der Waals surface area contributed by atoms with Gasteiger partial charge in [0.15, 0.2) is 0 Å². The molecule has 2 amide bonds. The zero-order chi connectivity index (χ0) is 15.8. The molecule has 0 fully saturated rings. The van der Waals surface area contributed by atoms with Crippen molar-refractivity contribution in [1.82, 2.24) is 15.5 Å². The zero-order valence-electron chi connectivity index (χ0n) is 12.7. The molecule has 0 aromatic heterocycles. The Morgan fingerprint density at radius 1 is 1.19 bits per heavy atom. The lowest BCUT2D eigenvalue weighted by Gasteiger charge is -2.20. The predicted octanol–water partition coefficient (Wildman–Crippen LogP) is 0.932.